The van der Waals surface area contributed by atoms with E-state index in [1.807, 2.05) is 52.1 Å². The predicted molar refractivity (Wildman–Crippen MR) is 132 cm³/mol. The van der Waals surface area contributed by atoms with E-state index < -0.39 is 0 Å². The van der Waals surface area contributed by atoms with Crippen molar-refractivity contribution in [1.29, 1.82) is 0 Å². The zero-order chi connectivity index (χ0) is 23.6. The van der Waals surface area contributed by atoms with E-state index in [-0.39, 0.29) is 5.56 Å². The minimum absolute atomic E-state index is 0.0861. The molecule has 4 aromatic heterocycles. The highest BCUT2D eigenvalue weighted by atomic mass is 32.2. The molecule has 6 aromatic rings. The molecule has 0 saturated carbocycles. The molecule has 0 spiro atoms. The van der Waals surface area contributed by atoms with E-state index >= 15 is 0 Å². The Hall–Kier alpha value is -3.92. The molecule has 6 rings (SSSR count). The number of benzene rings is 2. The Morgan fingerprint density at radius 3 is 2.59 bits per heavy atom. The van der Waals surface area contributed by atoms with Gasteiger partial charge in [-0.2, -0.15) is 0 Å². The first-order chi connectivity index (χ1) is 16.5. The van der Waals surface area contributed by atoms with Gasteiger partial charge in [0, 0.05) is 18.5 Å². The molecule has 4 heterocycles. The van der Waals surface area contributed by atoms with Crippen LogP contribution in [0.5, 0.6) is 5.75 Å². The number of rotatable bonds is 4. The first kappa shape index (κ1) is 20.7. The van der Waals surface area contributed by atoms with Crippen LogP contribution in [0.3, 0.4) is 0 Å². The molecule has 0 aliphatic rings. The molecule has 0 saturated heterocycles. The lowest BCUT2D eigenvalue weighted by Gasteiger charge is -2.10. The fraction of sp³-hybridized carbons (Fsp3) is 0.208. The second kappa shape index (κ2) is 7.56. The van der Waals surface area contributed by atoms with Crippen LogP contribution in [0.1, 0.15) is 17.0 Å². The molecule has 0 aliphatic heterocycles. The monoisotopic (exact) mass is 471 g/mol. The minimum atomic E-state index is -0.0861. The van der Waals surface area contributed by atoms with Crippen molar-refractivity contribution >= 4 is 45.0 Å². The fourth-order valence-electron chi connectivity index (χ4n) is 4.40. The number of aryl methyl sites for hydroxylation is 3. The van der Waals surface area contributed by atoms with Crippen molar-refractivity contribution in [2.24, 2.45) is 7.05 Å². The van der Waals surface area contributed by atoms with Crippen LogP contribution < -0.4 is 10.3 Å². The number of hydrogen-bond donors (Lipinski definition) is 0. The van der Waals surface area contributed by atoms with Gasteiger partial charge >= 0.3 is 0 Å². The van der Waals surface area contributed by atoms with E-state index in [0.29, 0.717) is 16.9 Å². The maximum atomic E-state index is 12.8. The Bertz CT molecular complexity index is 1820. The van der Waals surface area contributed by atoms with Crippen LogP contribution >= 0.6 is 11.8 Å². The van der Waals surface area contributed by atoms with Gasteiger partial charge in [-0.05, 0) is 49.7 Å². The zero-order valence-electron chi connectivity index (χ0n) is 19.1. The first-order valence-corrected chi connectivity index (χ1v) is 11.7. The summed E-state index contributed by atoms with van der Waals surface area (Å²) >= 11 is 1.52. The third kappa shape index (κ3) is 2.98. The second-order valence-electron chi connectivity index (χ2n) is 8.31. The van der Waals surface area contributed by atoms with Crippen molar-refractivity contribution in [1.82, 2.24) is 33.8 Å². The molecule has 170 valence electrons. The van der Waals surface area contributed by atoms with Crippen molar-refractivity contribution in [3.05, 3.63) is 69.8 Å². The topological polar surface area (TPSA) is 91.6 Å². The smallest absolute Gasteiger partial charge is 0.262 e. The zero-order valence-corrected chi connectivity index (χ0v) is 19.9. The van der Waals surface area contributed by atoms with Crippen molar-refractivity contribution in [2.75, 3.05) is 7.11 Å². The quantitative estimate of drug-likeness (QED) is 0.362. The minimum Gasteiger partial charge on any atom is -0.497 e. The van der Waals surface area contributed by atoms with Gasteiger partial charge in [-0.1, -0.05) is 23.4 Å². The summed E-state index contributed by atoms with van der Waals surface area (Å²) in [6.45, 7) is 4.04. The van der Waals surface area contributed by atoms with E-state index in [1.165, 1.54) is 16.3 Å². The molecule has 9 nitrogen and oxygen atoms in total. The molecule has 34 heavy (non-hydrogen) atoms. The lowest BCUT2D eigenvalue weighted by atomic mass is 10.1. The van der Waals surface area contributed by atoms with E-state index in [0.717, 1.165) is 49.9 Å². The van der Waals surface area contributed by atoms with Gasteiger partial charge in [0.05, 0.1) is 29.3 Å². The predicted octanol–water partition coefficient (Wildman–Crippen LogP) is 3.69. The van der Waals surface area contributed by atoms with Gasteiger partial charge in [0.2, 0.25) is 5.78 Å². The van der Waals surface area contributed by atoms with E-state index in [2.05, 4.69) is 33.4 Å². The van der Waals surface area contributed by atoms with Gasteiger partial charge < -0.3 is 4.74 Å². The number of ether oxygens (including phenoxy) is 1. The summed E-state index contributed by atoms with van der Waals surface area (Å²) in [5.41, 5.74) is 4.62. The Morgan fingerprint density at radius 2 is 1.76 bits per heavy atom. The number of hydrogen-bond acceptors (Lipinski definition) is 7. The van der Waals surface area contributed by atoms with Crippen molar-refractivity contribution in [3.63, 3.8) is 0 Å². The molecule has 0 N–H and O–H groups in total. The summed E-state index contributed by atoms with van der Waals surface area (Å²) in [4.78, 5) is 12.8. The number of thioether (sulfide) groups is 1. The first-order valence-electron chi connectivity index (χ1n) is 10.7. The molecular formula is C24H21N7O2S. The van der Waals surface area contributed by atoms with Crippen LogP contribution in [0.4, 0.5) is 0 Å². The number of pyridine rings is 1. The number of aromatic nitrogens is 7. The van der Waals surface area contributed by atoms with Gasteiger partial charge in [0.15, 0.2) is 10.8 Å². The summed E-state index contributed by atoms with van der Waals surface area (Å²) in [5.74, 6) is 2.52. The van der Waals surface area contributed by atoms with E-state index in [1.54, 1.807) is 14.2 Å². The molecule has 0 fully saturated rings. The number of methoxy groups -OCH3 is 1. The van der Waals surface area contributed by atoms with Gasteiger partial charge in [0.1, 0.15) is 11.6 Å². The largest absolute Gasteiger partial charge is 0.497 e. The molecule has 0 unspecified atom stereocenters. The number of nitrogens with zero attached hydrogens (tertiary/aromatic N) is 7. The third-order valence-corrected chi connectivity index (χ3v) is 7.07. The van der Waals surface area contributed by atoms with E-state index in [9.17, 15) is 4.79 Å². The van der Waals surface area contributed by atoms with Gasteiger partial charge in [-0.25, -0.2) is 0 Å². The SMILES string of the molecule is COc1ccc2c(C)cc3nnc(SCc4nnc5n(C)c(=O)c6cc(C)ccc6n45)n3c2c1. The molecule has 0 atom stereocenters. The summed E-state index contributed by atoms with van der Waals surface area (Å²) < 4.78 is 11.0. The summed E-state index contributed by atoms with van der Waals surface area (Å²) in [6.07, 6.45) is 0. The highest BCUT2D eigenvalue weighted by Crippen LogP contribution is 2.30. The molecule has 0 amide bonds. The van der Waals surface area contributed by atoms with Gasteiger partial charge in [-0.3, -0.25) is 18.2 Å². The average Bonchev–Trinajstić information content (AvgIpc) is 3.45. The summed E-state index contributed by atoms with van der Waals surface area (Å²) in [7, 11) is 3.38. The van der Waals surface area contributed by atoms with Crippen LogP contribution in [-0.4, -0.2) is 40.9 Å². The van der Waals surface area contributed by atoms with E-state index in [4.69, 9.17) is 4.74 Å². The van der Waals surface area contributed by atoms with Crippen molar-refractivity contribution < 1.29 is 4.74 Å². The maximum Gasteiger partial charge on any atom is 0.262 e. The Balaban J connectivity index is 1.49. The van der Waals surface area contributed by atoms with Crippen molar-refractivity contribution in [3.8, 4) is 5.75 Å². The molecular weight excluding hydrogens is 450 g/mol. The molecule has 0 radical (unpaired) electrons. The maximum absolute atomic E-state index is 12.8. The van der Waals surface area contributed by atoms with Crippen molar-refractivity contribution in [2.45, 2.75) is 24.8 Å². The summed E-state index contributed by atoms with van der Waals surface area (Å²) in [6, 6.07) is 13.9. The number of fused-ring (bicyclic) bond motifs is 6. The van der Waals surface area contributed by atoms with Crippen LogP contribution in [0.25, 0.3) is 33.2 Å². The van der Waals surface area contributed by atoms with Gasteiger partial charge in [-0.15, -0.1) is 20.4 Å². The lowest BCUT2D eigenvalue weighted by Crippen LogP contribution is -2.20. The molecule has 0 bridgehead atoms. The average molecular weight is 472 g/mol. The van der Waals surface area contributed by atoms with Gasteiger partial charge in [0.25, 0.3) is 5.56 Å². The Labute approximate surface area is 198 Å². The Morgan fingerprint density at radius 1 is 0.912 bits per heavy atom. The lowest BCUT2D eigenvalue weighted by molar-refractivity contribution is 0.415. The highest BCUT2D eigenvalue weighted by molar-refractivity contribution is 7.98. The molecule has 2 aromatic carbocycles. The van der Waals surface area contributed by atoms with Crippen LogP contribution in [0.15, 0.2) is 52.4 Å². The van der Waals surface area contributed by atoms with Crippen LogP contribution in [0, 0.1) is 13.8 Å². The molecule has 0 aliphatic carbocycles. The third-order valence-electron chi connectivity index (χ3n) is 6.15. The summed E-state index contributed by atoms with van der Waals surface area (Å²) in [5, 5.41) is 20.1. The molecule has 10 heteroatoms. The second-order valence-corrected chi connectivity index (χ2v) is 9.25. The normalized spacial score (nSPS) is 11.9. The fourth-order valence-corrected chi connectivity index (χ4v) is 5.27. The standard InChI is InChI=1S/C24H21N7O2S/c1-13-5-8-18-17(9-13)22(32)29(3)23-27-26-21(30(18)23)12-34-24-28-25-20-10-14(2)16-7-6-15(33-4)11-19(16)31(20)24/h5-11H,12H2,1-4H3. The van der Waals surface area contributed by atoms with Crippen LogP contribution in [-0.2, 0) is 12.8 Å². The highest BCUT2D eigenvalue weighted by Gasteiger charge is 2.17. The van der Waals surface area contributed by atoms with Crippen LogP contribution in [0.2, 0.25) is 0 Å². The Kier molecular flexibility index (Phi) is 4.59.